The number of nitro benzene ring substituents is 1. The van der Waals surface area contributed by atoms with E-state index in [1.54, 1.807) is 32.4 Å². The van der Waals surface area contributed by atoms with Crippen LogP contribution in [-0.2, 0) is 6.54 Å². The van der Waals surface area contributed by atoms with Crippen molar-refractivity contribution in [3.8, 4) is 11.5 Å². The zero-order valence-electron chi connectivity index (χ0n) is 14.8. The predicted octanol–water partition coefficient (Wildman–Crippen LogP) is 2.35. The lowest BCUT2D eigenvalue weighted by atomic mass is 10.2. The fourth-order valence-corrected chi connectivity index (χ4v) is 2.25. The Labute approximate surface area is 152 Å². The summed E-state index contributed by atoms with van der Waals surface area (Å²) >= 11 is 0. The average molecular weight is 358 g/mol. The highest BCUT2D eigenvalue weighted by Gasteiger charge is 2.12. The number of hydrogen-bond donors (Lipinski definition) is 2. The number of nitro groups is 1. The van der Waals surface area contributed by atoms with Gasteiger partial charge in [0.05, 0.1) is 18.6 Å². The number of para-hydroxylation sites is 1. The molecule has 0 atom stereocenters. The van der Waals surface area contributed by atoms with Crippen molar-refractivity contribution in [2.75, 3.05) is 27.3 Å². The molecule has 0 amide bonds. The van der Waals surface area contributed by atoms with Gasteiger partial charge in [-0.3, -0.25) is 15.1 Å². The fraction of sp³-hybridized carbons (Fsp3) is 0.278. The van der Waals surface area contributed by atoms with Gasteiger partial charge in [0.15, 0.2) is 5.96 Å². The van der Waals surface area contributed by atoms with Crippen LogP contribution in [0.2, 0.25) is 0 Å². The molecular formula is C18H22N4O4. The van der Waals surface area contributed by atoms with E-state index in [2.05, 4.69) is 15.6 Å². The zero-order valence-corrected chi connectivity index (χ0v) is 14.8. The van der Waals surface area contributed by atoms with Crippen molar-refractivity contribution in [3.05, 3.63) is 64.2 Å². The SMILES string of the molecule is CN=C(NCCOc1ccc(OC)cc1)NCc1ccccc1[N+](=O)[O-]. The number of rotatable bonds is 8. The van der Waals surface area contributed by atoms with Gasteiger partial charge in [-0.05, 0) is 24.3 Å². The first-order valence-electron chi connectivity index (χ1n) is 8.07. The Morgan fingerprint density at radius 1 is 1.12 bits per heavy atom. The van der Waals surface area contributed by atoms with Gasteiger partial charge < -0.3 is 20.1 Å². The quantitative estimate of drug-likeness (QED) is 0.247. The Bertz CT molecular complexity index is 747. The lowest BCUT2D eigenvalue weighted by Gasteiger charge is -2.13. The summed E-state index contributed by atoms with van der Waals surface area (Å²) in [6.07, 6.45) is 0. The molecule has 2 N–H and O–H groups in total. The number of benzene rings is 2. The number of aliphatic imine (C=N–C) groups is 1. The number of nitrogens with one attached hydrogen (secondary N) is 2. The Morgan fingerprint density at radius 3 is 2.46 bits per heavy atom. The molecule has 0 fully saturated rings. The summed E-state index contributed by atoms with van der Waals surface area (Å²) in [5.74, 6) is 2.06. The number of guanidine groups is 1. The van der Waals surface area contributed by atoms with Crippen LogP contribution in [0.25, 0.3) is 0 Å². The molecule has 0 unspecified atom stereocenters. The summed E-state index contributed by atoms with van der Waals surface area (Å²) in [7, 11) is 3.25. The highest BCUT2D eigenvalue weighted by Crippen LogP contribution is 2.17. The standard InChI is InChI=1S/C18H22N4O4/c1-19-18(21-13-14-5-3-4-6-17(14)22(23)24)20-11-12-26-16-9-7-15(25-2)8-10-16/h3-10H,11-13H2,1-2H3,(H2,19,20,21). The van der Waals surface area contributed by atoms with Crippen LogP contribution in [-0.4, -0.2) is 38.2 Å². The van der Waals surface area contributed by atoms with Crippen molar-refractivity contribution in [3.63, 3.8) is 0 Å². The maximum absolute atomic E-state index is 11.0. The van der Waals surface area contributed by atoms with E-state index in [0.29, 0.717) is 31.2 Å². The normalized spacial score (nSPS) is 10.9. The number of hydrogen-bond acceptors (Lipinski definition) is 5. The Kier molecular flexibility index (Phi) is 7.23. The van der Waals surface area contributed by atoms with Crippen molar-refractivity contribution in [2.24, 2.45) is 4.99 Å². The Hall–Kier alpha value is -3.29. The van der Waals surface area contributed by atoms with Gasteiger partial charge in [0.25, 0.3) is 5.69 Å². The third-order valence-corrected chi connectivity index (χ3v) is 3.58. The van der Waals surface area contributed by atoms with Gasteiger partial charge >= 0.3 is 0 Å². The smallest absolute Gasteiger partial charge is 0.274 e. The lowest BCUT2D eigenvalue weighted by Crippen LogP contribution is -2.39. The summed E-state index contributed by atoms with van der Waals surface area (Å²) in [6, 6.07) is 13.9. The van der Waals surface area contributed by atoms with E-state index in [1.807, 2.05) is 24.3 Å². The molecule has 2 rings (SSSR count). The molecule has 2 aromatic carbocycles. The van der Waals surface area contributed by atoms with Crippen molar-refractivity contribution >= 4 is 11.6 Å². The molecular weight excluding hydrogens is 336 g/mol. The highest BCUT2D eigenvalue weighted by molar-refractivity contribution is 5.79. The van der Waals surface area contributed by atoms with E-state index in [4.69, 9.17) is 9.47 Å². The summed E-state index contributed by atoms with van der Waals surface area (Å²) in [5.41, 5.74) is 0.674. The fourth-order valence-electron chi connectivity index (χ4n) is 2.25. The molecule has 0 aliphatic rings. The molecule has 0 saturated heterocycles. The second-order valence-electron chi connectivity index (χ2n) is 5.26. The Morgan fingerprint density at radius 2 is 1.81 bits per heavy atom. The molecule has 0 aliphatic carbocycles. The number of ether oxygens (including phenoxy) is 2. The Balaban J connectivity index is 1.76. The van der Waals surface area contributed by atoms with Gasteiger partial charge in [-0.2, -0.15) is 0 Å². The van der Waals surface area contributed by atoms with Gasteiger partial charge in [0.2, 0.25) is 0 Å². The topological polar surface area (TPSA) is 98.0 Å². The molecule has 0 spiro atoms. The van der Waals surface area contributed by atoms with E-state index >= 15 is 0 Å². The molecule has 0 aliphatic heterocycles. The molecule has 8 heteroatoms. The van der Waals surface area contributed by atoms with Gasteiger partial charge in [-0.15, -0.1) is 0 Å². The minimum Gasteiger partial charge on any atom is -0.497 e. The molecule has 26 heavy (non-hydrogen) atoms. The molecule has 0 bridgehead atoms. The first-order valence-corrected chi connectivity index (χ1v) is 8.07. The van der Waals surface area contributed by atoms with Crippen LogP contribution < -0.4 is 20.1 Å². The highest BCUT2D eigenvalue weighted by atomic mass is 16.6. The van der Waals surface area contributed by atoms with E-state index in [0.717, 1.165) is 11.5 Å². The first kappa shape index (κ1) is 19.0. The van der Waals surface area contributed by atoms with Gasteiger partial charge in [0, 0.05) is 25.2 Å². The number of methoxy groups -OCH3 is 1. The van der Waals surface area contributed by atoms with Crippen molar-refractivity contribution in [1.82, 2.24) is 10.6 Å². The van der Waals surface area contributed by atoms with E-state index in [1.165, 1.54) is 6.07 Å². The molecule has 2 aromatic rings. The van der Waals surface area contributed by atoms with Crippen LogP contribution in [0, 0.1) is 10.1 Å². The van der Waals surface area contributed by atoms with Crippen molar-refractivity contribution < 1.29 is 14.4 Å². The summed E-state index contributed by atoms with van der Waals surface area (Å²) in [5, 5.41) is 17.2. The van der Waals surface area contributed by atoms with Crippen LogP contribution >= 0.6 is 0 Å². The molecule has 8 nitrogen and oxygen atoms in total. The summed E-state index contributed by atoms with van der Waals surface area (Å²) < 4.78 is 10.7. The minimum atomic E-state index is -0.393. The first-order chi connectivity index (χ1) is 12.6. The third-order valence-electron chi connectivity index (χ3n) is 3.58. The maximum atomic E-state index is 11.0. The largest absolute Gasteiger partial charge is 0.497 e. The third kappa shape index (κ3) is 5.66. The van der Waals surface area contributed by atoms with Crippen LogP contribution in [0.3, 0.4) is 0 Å². The zero-order chi connectivity index (χ0) is 18.8. The molecule has 138 valence electrons. The summed E-state index contributed by atoms with van der Waals surface area (Å²) in [4.78, 5) is 14.7. The van der Waals surface area contributed by atoms with Gasteiger partial charge in [-0.1, -0.05) is 18.2 Å². The monoisotopic (exact) mass is 358 g/mol. The second-order valence-corrected chi connectivity index (χ2v) is 5.26. The maximum Gasteiger partial charge on any atom is 0.274 e. The van der Waals surface area contributed by atoms with E-state index in [9.17, 15) is 10.1 Å². The van der Waals surface area contributed by atoms with E-state index < -0.39 is 4.92 Å². The van der Waals surface area contributed by atoms with Crippen LogP contribution in [0.5, 0.6) is 11.5 Å². The molecule has 0 saturated carbocycles. The lowest BCUT2D eigenvalue weighted by molar-refractivity contribution is -0.385. The predicted molar refractivity (Wildman–Crippen MR) is 99.8 cm³/mol. The van der Waals surface area contributed by atoms with E-state index in [-0.39, 0.29) is 5.69 Å². The van der Waals surface area contributed by atoms with Crippen molar-refractivity contribution in [2.45, 2.75) is 6.54 Å². The average Bonchev–Trinajstić information content (AvgIpc) is 2.68. The van der Waals surface area contributed by atoms with Gasteiger partial charge in [0.1, 0.15) is 18.1 Å². The van der Waals surface area contributed by atoms with Crippen LogP contribution in [0.4, 0.5) is 5.69 Å². The number of nitrogens with zero attached hydrogens (tertiary/aromatic N) is 2. The molecule has 0 aromatic heterocycles. The van der Waals surface area contributed by atoms with Gasteiger partial charge in [-0.25, -0.2) is 0 Å². The van der Waals surface area contributed by atoms with Crippen molar-refractivity contribution in [1.29, 1.82) is 0 Å². The molecule has 0 heterocycles. The molecule has 0 radical (unpaired) electrons. The van der Waals surface area contributed by atoms with Crippen LogP contribution in [0.1, 0.15) is 5.56 Å². The second kappa shape index (κ2) is 9.87. The summed E-state index contributed by atoms with van der Waals surface area (Å²) in [6.45, 7) is 1.28. The van der Waals surface area contributed by atoms with Crippen LogP contribution in [0.15, 0.2) is 53.5 Å². The minimum absolute atomic E-state index is 0.0818.